The third-order valence-electron chi connectivity index (χ3n) is 4.14. The summed E-state index contributed by atoms with van der Waals surface area (Å²) in [6, 6.07) is 29.8. The van der Waals surface area contributed by atoms with E-state index in [0.29, 0.717) is 10.8 Å². The molecular formula is C23H16N2OS. The third kappa shape index (κ3) is 3.94. The van der Waals surface area contributed by atoms with Gasteiger partial charge in [-0.3, -0.25) is 0 Å². The molecule has 0 bridgehead atoms. The maximum atomic E-state index is 8.91. The van der Waals surface area contributed by atoms with E-state index in [0.717, 1.165) is 33.9 Å². The maximum absolute atomic E-state index is 8.91. The lowest BCUT2D eigenvalue weighted by atomic mass is 10.1. The molecule has 0 aliphatic carbocycles. The first kappa shape index (κ1) is 17.1. The van der Waals surface area contributed by atoms with Gasteiger partial charge in [-0.15, -0.1) is 0 Å². The Morgan fingerprint density at radius 2 is 1.44 bits per heavy atom. The van der Waals surface area contributed by atoms with Crippen molar-refractivity contribution in [2.75, 3.05) is 0 Å². The number of nitrogens with zero attached hydrogens (tertiary/aromatic N) is 2. The van der Waals surface area contributed by atoms with Gasteiger partial charge in [0.15, 0.2) is 5.76 Å². The topological polar surface area (TPSA) is 49.8 Å². The number of rotatable bonds is 5. The van der Waals surface area contributed by atoms with Crippen molar-refractivity contribution in [3.05, 3.63) is 96.1 Å². The van der Waals surface area contributed by atoms with Crippen LogP contribution >= 0.6 is 11.8 Å². The van der Waals surface area contributed by atoms with E-state index < -0.39 is 0 Å². The first-order valence-electron chi connectivity index (χ1n) is 8.57. The lowest BCUT2D eigenvalue weighted by Gasteiger charge is -2.00. The molecule has 0 N–H and O–H groups in total. The van der Waals surface area contributed by atoms with Crippen molar-refractivity contribution in [2.24, 2.45) is 0 Å². The summed E-state index contributed by atoms with van der Waals surface area (Å²) in [5.74, 6) is 1.51. The largest absolute Gasteiger partial charge is 0.431 e. The first-order chi connectivity index (χ1) is 13.3. The summed E-state index contributed by atoms with van der Waals surface area (Å²) in [5.41, 5.74) is 4.68. The minimum absolute atomic E-state index is 0.636. The Kier molecular flexibility index (Phi) is 5.04. The predicted molar refractivity (Wildman–Crippen MR) is 108 cm³/mol. The summed E-state index contributed by atoms with van der Waals surface area (Å²) in [5, 5.41) is 9.54. The highest BCUT2D eigenvalue weighted by atomic mass is 32.2. The summed E-state index contributed by atoms with van der Waals surface area (Å²) >= 11 is 1.55. The van der Waals surface area contributed by atoms with E-state index in [4.69, 9.17) is 14.7 Å². The summed E-state index contributed by atoms with van der Waals surface area (Å²) in [6.45, 7) is 0. The van der Waals surface area contributed by atoms with Crippen LogP contribution in [0.1, 0.15) is 11.1 Å². The van der Waals surface area contributed by atoms with Crippen molar-refractivity contribution in [1.82, 2.24) is 4.98 Å². The number of hydrogen-bond donors (Lipinski definition) is 0. The Hall–Kier alpha value is -3.29. The predicted octanol–water partition coefficient (Wildman–Crippen LogP) is 6.17. The number of hydrogen-bond acceptors (Lipinski definition) is 4. The highest BCUT2D eigenvalue weighted by molar-refractivity contribution is 7.98. The van der Waals surface area contributed by atoms with Crippen LogP contribution in [-0.4, -0.2) is 4.98 Å². The monoisotopic (exact) mass is 368 g/mol. The molecule has 0 aliphatic rings. The Bertz CT molecular complexity index is 1010. The van der Waals surface area contributed by atoms with Crippen molar-refractivity contribution in [3.8, 4) is 28.7 Å². The molecule has 4 heteroatoms. The molecule has 3 nitrogen and oxygen atoms in total. The summed E-state index contributed by atoms with van der Waals surface area (Å²) in [7, 11) is 0. The van der Waals surface area contributed by atoms with Crippen LogP contribution < -0.4 is 0 Å². The smallest absolute Gasteiger partial charge is 0.257 e. The molecule has 4 rings (SSSR count). The SMILES string of the molecule is N#Cc1ccc(CSc2nc(-c3ccccc3)c(-c3ccccc3)o2)cc1. The Labute approximate surface area is 162 Å². The molecule has 0 radical (unpaired) electrons. The number of oxazole rings is 1. The molecule has 4 aromatic rings. The lowest BCUT2D eigenvalue weighted by Crippen LogP contribution is -1.83. The third-order valence-corrected chi connectivity index (χ3v) is 5.04. The van der Waals surface area contributed by atoms with Gasteiger partial charge in [0.25, 0.3) is 5.22 Å². The van der Waals surface area contributed by atoms with Gasteiger partial charge in [-0.25, -0.2) is 4.98 Å². The standard InChI is InChI=1S/C23H16N2OS/c24-15-17-11-13-18(14-12-17)16-27-23-25-21(19-7-3-1-4-8-19)22(26-23)20-9-5-2-6-10-20/h1-14H,16H2. The van der Waals surface area contributed by atoms with Gasteiger partial charge >= 0.3 is 0 Å². The average Bonchev–Trinajstić information content (AvgIpc) is 3.18. The fourth-order valence-electron chi connectivity index (χ4n) is 2.76. The van der Waals surface area contributed by atoms with Gasteiger partial charge in [0.1, 0.15) is 5.69 Å². The average molecular weight is 368 g/mol. The summed E-state index contributed by atoms with van der Waals surface area (Å²) < 4.78 is 6.12. The minimum Gasteiger partial charge on any atom is -0.431 e. The van der Waals surface area contributed by atoms with E-state index in [-0.39, 0.29) is 0 Å². The van der Waals surface area contributed by atoms with Crippen molar-refractivity contribution >= 4 is 11.8 Å². The number of aromatic nitrogens is 1. The van der Waals surface area contributed by atoms with Gasteiger partial charge < -0.3 is 4.42 Å². The molecule has 1 aromatic heterocycles. The van der Waals surface area contributed by atoms with Crippen LogP contribution in [0.3, 0.4) is 0 Å². The zero-order chi connectivity index (χ0) is 18.5. The van der Waals surface area contributed by atoms with E-state index in [1.165, 1.54) is 0 Å². The molecule has 0 spiro atoms. The van der Waals surface area contributed by atoms with Crippen LogP contribution in [0.4, 0.5) is 0 Å². The van der Waals surface area contributed by atoms with Gasteiger partial charge in [0.2, 0.25) is 0 Å². The number of thioether (sulfide) groups is 1. The molecule has 0 aliphatic heterocycles. The normalized spacial score (nSPS) is 10.5. The van der Waals surface area contributed by atoms with Crippen molar-refractivity contribution in [2.45, 2.75) is 11.0 Å². The minimum atomic E-state index is 0.636. The van der Waals surface area contributed by atoms with Crippen molar-refractivity contribution in [1.29, 1.82) is 5.26 Å². The lowest BCUT2D eigenvalue weighted by molar-refractivity contribution is 0.466. The fraction of sp³-hybridized carbons (Fsp3) is 0.0435. The highest BCUT2D eigenvalue weighted by Crippen LogP contribution is 2.36. The molecular weight excluding hydrogens is 352 g/mol. The molecule has 0 fully saturated rings. The molecule has 0 amide bonds. The Morgan fingerprint density at radius 1 is 0.815 bits per heavy atom. The molecule has 27 heavy (non-hydrogen) atoms. The second kappa shape index (κ2) is 7.94. The van der Waals surface area contributed by atoms with Gasteiger partial charge in [-0.2, -0.15) is 5.26 Å². The van der Waals surface area contributed by atoms with Crippen LogP contribution in [0.2, 0.25) is 0 Å². The van der Waals surface area contributed by atoms with E-state index in [9.17, 15) is 0 Å². The van der Waals surface area contributed by atoms with Gasteiger partial charge in [-0.05, 0) is 17.7 Å². The van der Waals surface area contributed by atoms with Gasteiger partial charge in [0, 0.05) is 16.9 Å². The molecule has 130 valence electrons. The van der Waals surface area contributed by atoms with E-state index in [1.54, 1.807) is 11.8 Å². The van der Waals surface area contributed by atoms with Crippen LogP contribution in [0.5, 0.6) is 0 Å². The quantitative estimate of drug-likeness (QED) is 0.395. The second-order valence-corrected chi connectivity index (χ2v) is 6.91. The molecule has 0 saturated heterocycles. The highest BCUT2D eigenvalue weighted by Gasteiger charge is 2.17. The van der Waals surface area contributed by atoms with Crippen LogP contribution in [0, 0.1) is 11.3 Å². The Balaban J connectivity index is 1.63. The molecule has 0 atom stereocenters. The molecule has 0 unspecified atom stereocenters. The van der Waals surface area contributed by atoms with Crippen LogP contribution in [0.25, 0.3) is 22.6 Å². The van der Waals surface area contributed by atoms with Gasteiger partial charge in [-0.1, -0.05) is 84.6 Å². The van der Waals surface area contributed by atoms with E-state index in [2.05, 4.69) is 6.07 Å². The summed E-state index contributed by atoms with van der Waals surface area (Å²) in [6.07, 6.45) is 0. The maximum Gasteiger partial charge on any atom is 0.257 e. The van der Waals surface area contributed by atoms with E-state index >= 15 is 0 Å². The van der Waals surface area contributed by atoms with Gasteiger partial charge in [0.05, 0.1) is 11.6 Å². The molecule has 0 saturated carbocycles. The second-order valence-electron chi connectivity index (χ2n) is 5.99. The van der Waals surface area contributed by atoms with Crippen molar-refractivity contribution in [3.63, 3.8) is 0 Å². The van der Waals surface area contributed by atoms with E-state index in [1.807, 2.05) is 84.9 Å². The zero-order valence-electron chi connectivity index (χ0n) is 14.5. The number of nitriles is 1. The van der Waals surface area contributed by atoms with Crippen LogP contribution in [-0.2, 0) is 5.75 Å². The molecule has 1 heterocycles. The zero-order valence-corrected chi connectivity index (χ0v) is 15.3. The van der Waals surface area contributed by atoms with Crippen LogP contribution in [0.15, 0.2) is 94.6 Å². The fourth-order valence-corrected chi connectivity index (χ4v) is 3.54. The first-order valence-corrected chi connectivity index (χ1v) is 9.55. The molecule has 3 aromatic carbocycles. The Morgan fingerprint density at radius 3 is 2.07 bits per heavy atom. The summed E-state index contributed by atoms with van der Waals surface area (Å²) in [4.78, 5) is 4.75. The van der Waals surface area contributed by atoms with Crippen molar-refractivity contribution < 1.29 is 4.42 Å². The number of benzene rings is 3.